The van der Waals surface area contributed by atoms with Gasteiger partial charge in [-0.05, 0) is 39.3 Å². The van der Waals surface area contributed by atoms with Crippen LogP contribution in [0.15, 0.2) is 23.2 Å². The van der Waals surface area contributed by atoms with E-state index in [-0.39, 0.29) is 23.7 Å². The highest BCUT2D eigenvalue weighted by Gasteiger charge is 2.14. The second kappa shape index (κ2) is 10.5. The Hall–Kier alpha value is -2.49. The van der Waals surface area contributed by atoms with E-state index in [2.05, 4.69) is 20.9 Å². The van der Waals surface area contributed by atoms with Gasteiger partial charge in [0.2, 0.25) is 5.91 Å². The molecule has 1 aromatic rings. The van der Waals surface area contributed by atoms with Crippen molar-refractivity contribution in [1.82, 2.24) is 10.6 Å². The summed E-state index contributed by atoms with van der Waals surface area (Å²) < 4.78 is 34.0. The van der Waals surface area contributed by atoms with Gasteiger partial charge in [0.25, 0.3) is 0 Å². The van der Waals surface area contributed by atoms with E-state index in [1.54, 1.807) is 0 Å². The van der Waals surface area contributed by atoms with Gasteiger partial charge in [-0.2, -0.15) is 0 Å². The lowest BCUT2D eigenvalue weighted by atomic mass is 10.1. The van der Waals surface area contributed by atoms with Crippen LogP contribution in [-0.2, 0) is 14.6 Å². The third kappa shape index (κ3) is 9.34. The van der Waals surface area contributed by atoms with Crippen LogP contribution >= 0.6 is 0 Å². The van der Waals surface area contributed by atoms with E-state index in [4.69, 9.17) is 9.47 Å². The summed E-state index contributed by atoms with van der Waals surface area (Å²) in [5.41, 5.74) is 0.363. The largest absolute Gasteiger partial charge is 0.490 e. The van der Waals surface area contributed by atoms with Crippen LogP contribution in [0.1, 0.15) is 33.6 Å². The Balaban J connectivity index is 2.07. The highest BCUT2D eigenvalue weighted by Crippen LogP contribution is 2.32. The number of hydrogen-bond donors (Lipinski definition) is 3. The molecule has 3 N–H and O–H groups in total. The van der Waals surface area contributed by atoms with Crippen LogP contribution < -0.4 is 25.4 Å². The first-order valence-electron chi connectivity index (χ1n) is 9.95. The molecule has 1 heterocycles. The first-order valence-corrected chi connectivity index (χ1v) is 12.0. The van der Waals surface area contributed by atoms with Gasteiger partial charge < -0.3 is 25.4 Å². The summed E-state index contributed by atoms with van der Waals surface area (Å²) in [5, 5.41) is 9.07. The predicted molar refractivity (Wildman–Crippen MR) is 118 cm³/mol. The number of rotatable bonds is 7. The number of carbonyl (C=O) groups excluding carboxylic acids is 1. The second-order valence-electron chi connectivity index (χ2n) is 8.21. The standard InChI is InChI=1S/C20H32N4O5S/c1-20(2,3)24-18(25)14-22-19(21-9-5-12-30(4,26)27)23-15-7-8-16-17(13-15)29-11-6-10-28-16/h7-8,13H,5-6,9-12,14H2,1-4H3,(H,24,25)(H2,21,22,23). The summed E-state index contributed by atoms with van der Waals surface area (Å²) in [7, 11) is -3.04. The van der Waals surface area contributed by atoms with Crippen molar-refractivity contribution in [2.24, 2.45) is 4.99 Å². The number of ether oxygens (including phenoxy) is 2. The number of sulfone groups is 1. The number of carbonyl (C=O) groups is 1. The molecule has 1 aromatic carbocycles. The van der Waals surface area contributed by atoms with Crippen LogP contribution in [0.3, 0.4) is 0 Å². The summed E-state index contributed by atoms with van der Waals surface area (Å²) in [6.45, 7) is 7.21. The summed E-state index contributed by atoms with van der Waals surface area (Å²) in [5.74, 6) is 1.56. The Morgan fingerprint density at radius 1 is 1.17 bits per heavy atom. The fourth-order valence-electron chi connectivity index (χ4n) is 2.67. The number of benzene rings is 1. The number of hydrogen-bond acceptors (Lipinski definition) is 6. The van der Waals surface area contributed by atoms with Gasteiger partial charge >= 0.3 is 0 Å². The molecule has 1 aliphatic heterocycles. The molecule has 1 amide bonds. The van der Waals surface area contributed by atoms with E-state index in [9.17, 15) is 13.2 Å². The predicted octanol–water partition coefficient (Wildman–Crippen LogP) is 1.55. The maximum Gasteiger partial charge on any atom is 0.242 e. The zero-order valence-corrected chi connectivity index (χ0v) is 18.9. The highest BCUT2D eigenvalue weighted by molar-refractivity contribution is 7.90. The lowest BCUT2D eigenvalue weighted by Gasteiger charge is -2.20. The number of nitrogens with one attached hydrogen (secondary N) is 3. The number of anilines is 1. The Labute approximate surface area is 178 Å². The fourth-order valence-corrected chi connectivity index (χ4v) is 3.34. The lowest BCUT2D eigenvalue weighted by molar-refractivity contribution is -0.121. The van der Waals surface area contributed by atoms with Crippen LogP contribution in [0.4, 0.5) is 5.69 Å². The van der Waals surface area contributed by atoms with Crippen molar-refractivity contribution in [2.75, 3.05) is 43.6 Å². The van der Waals surface area contributed by atoms with Crippen molar-refractivity contribution < 1.29 is 22.7 Å². The lowest BCUT2D eigenvalue weighted by Crippen LogP contribution is -2.42. The molecule has 2 rings (SSSR count). The Morgan fingerprint density at radius 3 is 2.53 bits per heavy atom. The molecular weight excluding hydrogens is 408 g/mol. The fraction of sp³-hybridized carbons (Fsp3) is 0.600. The molecule has 168 valence electrons. The summed E-state index contributed by atoms with van der Waals surface area (Å²) in [4.78, 5) is 16.4. The molecule has 0 aromatic heterocycles. The summed E-state index contributed by atoms with van der Waals surface area (Å²) in [6, 6.07) is 5.45. The van der Waals surface area contributed by atoms with Crippen LogP contribution in [0.25, 0.3) is 0 Å². The van der Waals surface area contributed by atoms with Crippen LogP contribution in [-0.4, -0.2) is 64.1 Å². The molecule has 1 aliphatic rings. The zero-order chi connectivity index (χ0) is 22.2. The zero-order valence-electron chi connectivity index (χ0n) is 18.1. The van der Waals surface area contributed by atoms with Gasteiger partial charge in [-0.1, -0.05) is 0 Å². The number of guanidine groups is 1. The quantitative estimate of drug-likeness (QED) is 0.334. The van der Waals surface area contributed by atoms with E-state index < -0.39 is 9.84 Å². The van der Waals surface area contributed by atoms with Gasteiger partial charge in [-0.15, -0.1) is 0 Å². The molecule has 0 spiro atoms. The van der Waals surface area contributed by atoms with Crippen LogP contribution in [0.2, 0.25) is 0 Å². The first kappa shape index (κ1) is 23.8. The number of fused-ring (bicyclic) bond motifs is 1. The highest BCUT2D eigenvalue weighted by atomic mass is 32.2. The van der Waals surface area contributed by atoms with E-state index in [1.807, 2.05) is 39.0 Å². The number of nitrogens with zero attached hydrogens (tertiary/aromatic N) is 1. The molecule has 0 saturated carbocycles. The van der Waals surface area contributed by atoms with Gasteiger partial charge in [-0.3, -0.25) is 4.79 Å². The Morgan fingerprint density at radius 2 is 1.87 bits per heavy atom. The molecule has 0 radical (unpaired) electrons. The normalized spacial score (nSPS) is 14.6. The van der Waals surface area contributed by atoms with Crippen LogP contribution in [0.5, 0.6) is 11.5 Å². The molecule has 10 heteroatoms. The maximum absolute atomic E-state index is 12.1. The van der Waals surface area contributed by atoms with E-state index in [1.165, 1.54) is 6.26 Å². The molecule has 9 nitrogen and oxygen atoms in total. The minimum absolute atomic E-state index is 0.0662. The minimum atomic E-state index is -3.04. The van der Waals surface area contributed by atoms with Crippen molar-refractivity contribution in [3.8, 4) is 11.5 Å². The summed E-state index contributed by atoms with van der Waals surface area (Å²) in [6.07, 6.45) is 2.44. The molecule has 0 bridgehead atoms. The van der Waals surface area contributed by atoms with Crippen molar-refractivity contribution >= 4 is 27.4 Å². The molecule has 0 atom stereocenters. The topological polar surface area (TPSA) is 118 Å². The van der Waals surface area contributed by atoms with Gasteiger partial charge in [-0.25, -0.2) is 13.4 Å². The van der Waals surface area contributed by atoms with E-state index in [0.29, 0.717) is 49.3 Å². The third-order valence-corrected chi connectivity index (χ3v) is 4.92. The van der Waals surface area contributed by atoms with Gasteiger partial charge in [0.05, 0.1) is 19.0 Å². The maximum atomic E-state index is 12.1. The second-order valence-corrected chi connectivity index (χ2v) is 10.5. The van der Waals surface area contributed by atoms with Crippen LogP contribution in [0, 0.1) is 0 Å². The SMILES string of the molecule is CC(C)(C)NC(=O)CN=C(NCCCS(C)(=O)=O)Nc1ccc2c(c1)OCCCO2. The molecule has 30 heavy (non-hydrogen) atoms. The van der Waals surface area contributed by atoms with Gasteiger partial charge in [0.1, 0.15) is 16.4 Å². The number of aliphatic imine (C=N–C) groups is 1. The van der Waals surface area contributed by atoms with E-state index in [0.717, 1.165) is 6.42 Å². The summed E-state index contributed by atoms with van der Waals surface area (Å²) >= 11 is 0. The van der Waals surface area contributed by atoms with Crippen molar-refractivity contribution in [3.05, 3.63) is 18.2 Å². The molecule has 0 saturated heterocycles. The van der Waals surface area contributed by atoms with Crippen molar-refractivity contribution in [2.45, 2.75) is 39.2 Å². The molecule has 0 unspecified atom stereocenters. The van der Waals surface area contributed by atoms with Crippen molar-refractivity contribution in [1.29, 1.82) is 0 Å². The monoisotopic (exact) mass is 440 g/mol. The average molecular weight is 441 g/mol. The molecule has 0 fully saturated rings. The number of amides is 1. The minimum Gasteiger partial charge on any atom is -0.490 e. The Kier molecular flexibility index (Phi) is 8.33. The first-order chi connectivity index (χ1) is 14.0. The Bertz CT molecular complexity index is 862. The van der Waals surface area contributed by atoms with Gasteiger partial charge in [0, 0.05) is 36.5 Å². The smallest absolute Gasteiger partial charge is 0.242 e. The third-order valence-electron chi connectivity index (χ3n) is 3.89. The molecule has 0 aliphatic carbocycles. The molecular formula is C20H32N4O5S. The van der Waals surface area contributed by atoms with Crippen molar-refractivity contribution in [3.63, 3.8) is 0 Å². The average Bonchev–Trinajstić information content (AvgIpc) is 2.85. The van der Waals surface area contributed by atoms with E-state index >= 15 is 0 Å². The van der Waals surface area contributed by atoms with Gasteiger partial charge in [0.15, 0.2) is 17.5 Å².